The molecule has 1 unspecified atom stereocenters. The first kappa shape index (κ1) is 13.4. The van der Waals surface area contributed by atoms with E-state index in [1.807, 2.05) is 0 Å². The lowest BCUT2D eigenvalue weighted by Gasteiger charge is -2.24. The molecule has 2 aliphatic carbocycles. The first-order chi connectivity index (χ1) is 8.27. The molecule has 2 nitrogen and oxygen atoms in total. The van der Waals surface area contributed by atoms with Crippen molar-refractivity contribution in [2.45, 2.75) is 70.4 Å². The zero-order valence-corrected chi connectivity index (χ0v) is 11.8. The molecule has 17 heavy (non-hydrogen) atoms. The minimum Gasteiger partial charge on any atom is -0.314 e. The van der Waals surface area contributed by atoms with E-state index in [2.05, 4.69) is 24.2 Å². The second-order valence-electron chi connectivity index (χ2n) is 6.20. The number of rotatable bonds is 10. The number of hydrogen-bond acceptors (Lipinski definition) is 2. The molecule has 2 saturated carbocycles. The van der Waals surface area contributed by atoms with Gasteiger partial charge in [0.2, 0.25) is 0 Å². The van der Waals surface area contributed by atoms with Gasteiger partial charge in [-0.2, -0.15) is 0 Å². The molecular weight excluding hydrogens is 208 g/mol. The van der Waals surface area contributed by atoms with E-state index in [0.29, 0.717) is 0 Å². The smallest absolute Gasteiger partial charge is 0.00921 e. The molecule has 0 aromatic heterocycles. The Balaban J connectivity index is 1.37. The van der Waals surface area contributed by atoms with Crippen LogP contribution in [0.1, 0.15) is 58.3 Å². The third-order valence-electron chi connectivity index (χ3n) is 4.45. The third kappa shape index (κ3) is 5.39. The number of hydrogen-bond donors (Lipinski definition) is 1. The van der Waals surface area contributed by atoms with Gasteiger partial charge in [-0.25, -0.2) is 0 Å². The van der Waals surface area contributed by atoms with Gasteiger partial charge >= 0.3 is 0 Å². The highest BCUT2D eigenvalue weighted by molar-refractivity contribution is 4.84. The first-order valence-electron chi connectivity index (χ1n) is 7.71. The maximum absolute atomic E-state index is 3.59. The summed E-state index contributed by atoms with van der Waals surface area (Å²) in [5, 5.41) is 3.59. The normalized spacial score (nSPS) is 22.1. The molecule has 0 aromatic carbocycles. The van der Waals surface area contributed by atoms with E-state index in [9.17, 15) is 0 Å². The van der Waals surface area contributed by atoms with Crippen molar-refractivity contribution in [2.75, 3.05) is 20.1 Å². The molecule has 0 amide bonds. The van der Waals surface area contributed by atoms with Crippen LogP contribution < -0.4 is 5.32 Å². The molecule has 0 aromatic rings. The Hall–Kier alpha value is -0.0800. The molecule has 2 heteroatoms. The van der Waals surface area contributed by atoms with E-state index in [4.69, 9.17) is 0 Å². The Morgan fingerprint density at radius 3 is 2.41 bits per heavy atom. The van der Waals surface area contributed by atoms with Crippen LogP contribution in [0.15, 0.2) is 0 Å². The van der Waals surface area contributed by atoms with Crippen molar-refractivity contribution >= 4 is 0 Å². The second kappa shape index (κ2) is 6.75. The molecule has 0 saturated heterocycles. The highest BCUT2D eigenvalue weighted by atomic mass is 15.1. The molecular formula is C15H30N2. The molecule has 2 aliphatic rings. The molecule has 100 valence electrons. The van der Waals surface area contributed by atoms with Crippen molar-refractivity contribution in [3.63, 3.8) is 0 Å². The lowest BCUT2D eigenvalue weighted by molar-refractivity contribution is 0.229. The molecule has 0 bridgehead atoms. The Bertz CT molecular complexity index is 209. The molecule has 0 radical (unpaired) electrons. The number of nitrogens with one attached hydrogen (secondary N) is 1. The van der Waals surface area contributed by atoms with Gasteiger partial charge in [-0.15, -0.1) is 0 Å². The van der Waals surface area contributed by atoms with Gasteiger partial charge in [0.1, 0.15) is 0 Å². The lowest BCUT2D eigenvalue weighted by atomic mass is 10.1. The third-order valence-corrected chi connectivity index (χ3v) is 4.45. The number of unbranched alkanes of at least 4 members (excludes halogenated alkanes) is 3. The molecule has 0 spiro atoms. The van der Waals surface area contributed by atoms with Crippen LogP contribution in [0.4, 0.5) is 0 Å². The van der Waals surface area contributed by atoms with Crippen molar-refractivity contribution in [2.24, 2.45) is 5.92 Å². The van der Waals surface area contributed by atoms with E-state index >= 15 is 0 Å². The quantitative estimate of drug-likeness (QED) is 0.589. The predicted octanol–water partition coefficient (Wildman–Crippen LogP) is 3.03. The minimum absolute atomic E-state index is 0.825. The van der Waals surface area contributed by atoms with Crippen LogP contribution in [0, 0.1) is 5.92 Å². The van der Waals surface area contributed by atoms with Gasteiger partial charge in [0, 0.05) is 12.1 Å². The summed E-state index contributed by atoms with van der Waals surface area (Å²) < 4.78 is 0. The Morgan fingerprint density at radius 2 is 1.76 bits per heavy atom. The summed E-state index contributed by atoms with van der Waals surface area (Å²) in [5.74, 6) is 1.02. The summed E-state index contributed by atoms with van der Waals surface area (Å²) in [5.41, 5.74) is 0. The summed E-state index contributed by atoms with van der Waals surface area (Å²) in [6.45, 7) is 4.95. The van der Waals surface area contributed by atoms with Gasteiger partial charge in [0.05, 0.1) is 0 Å². The van der Waals surface area contributed by atoms with Gasteiger partial charge in [-0.3, -0.25) is 0 Å². The summed E-state index contributed by atoms with van der Waals surface area (Å²) in [6, 6.07) is 1.71. The van der Waals surface area contributed by atoms with E-state index < -0.39 is 0 Å². The van der Waals surface area contributed by atoms with Gasteiger partial charge < -0.3 is 10.2 Å². The van der Waals surface area contributed by atoms with E-state index in [-0.39, 0.29) is 0 Å². The highest BCUT2D eigenvalue weighted by Gasteiger charge is 2.29. The minimum atomic E-state index is 0.825. The second-order valence-corrected chi connectivity index (χ2v) is 6.20. The van der Waals surface area contributed by atoms with Crippen LogP contribution in [0.5, 0.6) is 0 Å². The predicted molar refractivity (Wildman–Crippen MR) is 74.3 cm³/mol. The fourth-order valence-electron chi connectivity index (χ4n) is 2.58. The van der Waals surface area contributed by atoms with Crippen LogP contribution in [-0.4, -0.2) is 37.1 Å². The molecule has 2 fully saturated rings. The average molecular weight is 238 g/mol. The maximum atomic E-state index is 3.59. The van der Waals surface area contributed by atoms with Gasteiger partial charge in [0.15, 0.2) is 0 Å². The van der Waals surface area contributed by atoms with Crippen LogP contribution in [0.2, 0.25) is 0 Å². The Kier molecular flexibility index (Phi) is 5.30. The highest BCUT2D eigenvalue weighted by Crippen LogP contribution is 2.34. The summed E-state index contributed by atoms with van der Waals surface area (Å²) in [4.78, 5) is 2.57. The van der Waals surface area contributed by atoms with Crippen molar-refractivity contribution in [1.29, 1.82) is 0 Å². The van der Waals surface area contributed by atoms with Gasteiger partial charge in [-0.1, -0.05) is 12.8 Å². The van der Waals surface area contributed by atoms with Crippen molar-refractivity contribution < 1.29 is 0 Å². The first-order valence-corrected chi connectivity index (χ1v) is 7.71. The fourth-order valence-corrected chi connectivity index (χ4v) is 2.58. The van der Waals surface area contributed by atoms with E-state index in [1.165, 1.54) is 64.5 Å². The zero-order chi connectivity index (χ0) is 12.1. The van der Waals surface area contributed by atoms with E-state index in [1.54, 1.807) is 0 Å². The monoisotopic (exact) mass is 238 g/mol. The average Bonchev–Trinajstić information content (AvgIpc) is 3.17. The van der Waals surface area contributed by atoms with Crippen molar-refractivity contribution in [1.82, 2.24) is 10.2 Å². The van der Waals surface area contributed by atoms with Crippen molar-refractivity contribution in [3.8, 4) is 0 Å². The molecule has 0 aliphatic heterocycles. The Labute approximate surface area is 107 Å². The number of nitrogens with zero attached hydrogens (tertiary/aromatic N) is 1. The molecule has 1 N–H and O–H groups in total. The zero-order valence-electron chi connectivity index (χ0n) is 11.8. The largest absolute Gasteiger partial charge is 0.314 e. The molecule has 2 rings (SSSR count). The maximum Gasteiger partial charge on any atom is 0.00921 e. The van der Waals surface area contributed by atoms with Gasteiger partial charge in [0.25, 0.3) is 0 Å². The molecule has 0 heterocycles. The van der Waals surface area contributed by atoms with Gasteiger partial charge in [-0.05, 0) is 71.5 Å². The van der Waals surface area contributed by atoms with Crippen LogP contribution in [0.25, 0.3) is 0 Å². The fraction of sp³-hybridized carbons (Fsp3) is 1.00. The Morgan fingerprint density at radius 1 is 1.06 bits per heavy atom. The summed E-state index contributed by atoms with van der Waals surface area (Å²) in [7, 11) is 2.30. The topological polar surface area (TPSA) is 15.3 Å². The summed E-state index contributed by atoms with van der Waals surface area (Å²) in [6.07, 6.45) is 11.4. The molecule has 1 atom stereocenters. The lowest BCUT2D eigenvalue weighted by Crippen LogP contribution is -2.31. The standard InChI is InChI=1S/C15H30N2/c1-13(14-7-8-14)17(2)12-6-4-3-5-11-16-15-9-10-15/h13-16H,3-12H2,1-2H3. The van der Waals surface area contributed by atoms with Crippen LogP contribution in [0.3, 0.4) is 0 Å². The van der Waals surface area contributed by atoms with Crippen LogP contribution in [-0.2, 0) is 0 Å². The summed E-state index contributed by atoms with van der Waals surface area (Å²) >= 11 is 0. The SMILES string of the molecule is CC(C1CC1)N(C)CCCCCCNC1CC1. The van der Waals surface area contributed by atoms with Crippen LogP contribution >= 0.6 is 0 Å². The van der Waals surface area contributed by atoms with E-state index in [0.717, 1.165) is 18.0 Å². The van der Waals surface area contributed by atoms with Crippen molar-refractivity contribution in [3.05, 3.63) is 0 Å².